The van der Waals surface area contributed by atoms with Gasteiger partial charge in [0.15, 0.2) is 23.4 Å². The Kier molecular flexibility index (Phi) is 8.20. The molecular formula is C22H17Cl2F7N4O3. The zero-order chi connectivity index (χ0) is 28.6. The zero-order valence-electron chi connectivity index (χ0n) is 19.3. The highest BCUT2D eigenvalue weighted by Crippen LogP contribution is 2.46. The van der Waals surface area contributed by atoms with Gasteiger partial charge in [-0.2, -0.15) is 30.7 Å². The number of fused-ring (bicyclic) bond motifs is 1. The molecule has 3 aromatic rings. The Bertz CT molecular complexity index is 1380. The number of pyridine rings is 1. The van der Waals surface area contributed by atoms with Crippen LogP contribution in [0.25, 0.3) is 5.65 Å². The molecular weight excluding hydrogens is 572 g/mol. The molecule has 2 heterocycles. The summed E-state index contributed by atoms with van der Waals surface area (Å²) in [6, 6.07) is 5.50. The van der Waals surface area contributed by atoms with Crippen molar-refractivity contribution in [2.45, 2.75) is 31.2 Å². The van der Waals surface area contributed by atoms with Gasteiger partial charge in [-0.05, 0) is 38.2 Å². The number of nitrogens with one attached hydrogen (secondary N) is 2. The molecule has 1 unspecified atom stereocenters. The second-order valence-electron chi connectivity index (χ2n) is 7.85. The number of alkyl halides is 7. The number of Topliss-reactive ketones (excluding diaryl/α,β-unsaturated/α-hetero) is 1. The van der Waals surface area contributed by atoms with Gasteiger partial charge in [0.25, 0.3) is 5.91 Å². The van der Waals surface area contributed by atoms with Crippen molar-refractivity contribution in [3.05, 3.63) is 63.5 Å². The van der Waals surface area contributed by atoms with Crippen molar-refractivity contribution in [3.8, 4) is 5.75 Å². The number of rotatable bonds is 9. The first-order chi connectivity index (χ1) is 17.5. The molecule has 0 bridgehead atoms. The number of halogens is 9. The van der Waals surface area contributed by atoms with Crippen molar-refractivity contribution in [2.24, 2.45) is 0 Å². The van der Waals surface area contributed by atoms with E-state index in [-0.39, 0.29) is 21.4 Å². The number of amides is 1. The van der Waals surface area contributed by atoms with E-state index in [4.69, 9.17) is 27.9 Å². The lowest BCUT2D eigenvalue weighted by Gasteiger charge is -2.27. The fourth-order valence-electron chi connectivity index (χ4n) is 3.30. The molecule has 206 valence electrons. The molecule has 0 saturated carbocycles. The summed E-state index contributed by atoms with van der Waals surface area (Å²) in [7, 11) is 1.46. The minimum absolute atomic E-state index is 0.00207. The van der Waals surface area contributed by atoms with Crippen LogP contribution < -0.4 is 15.4 Å². The molecule has 7 nitrogen and oxygen atoms in total. The van der Waals surface area contributed by atoms with Crippen LogP contribution in [-0.4, -0.2) is 52.7 Å². The number of hydrogen-bond donors (Lipinski definition) is 2. The molecule has 0 spiro atoms. The second kappa shape index (κ2) is 10.6. The molecule has 0 aliphatic heterocycles. The van der Waals surface area contributed by atoms with Gasteiger partial charge in [0.05, 0.1) is 22.3 Å². The summed E-state index contributed by atoms with van der Waals surface area (Å²) >= 11 is 12.6. The lowest BCUT2D eigenvalue weighted by atomic mass is 10.0. The number of ether oxygens (including phenoxy) is 1. The molecule has 3 rings (SSSR count). The van der Waals surface area contributed by atoms with Gasteiger partial charge in [-0.15, -0.1) is 0 Å². The third-order valence-electron chi connectivity index (χ3n) is 5.21. The van der Waals surface area contributed by atoms with Gasteiger partial charge < -0.3 is 14.5 Å². The summed E-state index contributed by atoms with van der Waals surface area (Å²) in [6.07, 6.45) is -4.36. The summed E-state index contributed by atoms with van der Waals surface area (Å²) in [5, 5.41) is 3.53. The van der Waals surface area contributed by atoms with Crippen LogP contribution in [-0.2, 0) is 4.79 Å². The number of hydrogen-bond acceptors (Lipinski definition) is 5. The van der Waals surface area contributed by atoms with E-state index < -0.39 is 48.0 Å². The normalized spacial score (nSPS) is 13.4. The van der Waals surface area contributed by atoms with Gasteiger partial charge in [0.1, 0.15) is 0 Å². The minimum atomic E-state index is -6.71. The highest BCUT2D eigenvalue weighted by molar-refractivity contribution is 6.38. The van der Waals surface area contributed by atoms with Crippen molar-refractivity contribution >= 4 is 40.5 Å². The van der Waals surface area contributed by atoms with Gasteiger partial charge >= 0.3 is 18.0 Å². The second-order valence-corrected chi connectivity index (χ2v) is 8.63. The minimum Gasteiger partial charge on any atom is -0.467 e. The maximum atomic E-state index is 13.5. The molecule has 16 heteroatoms. The first-order valence-corrected chi connectivity index (χ1v) is 11.2. The molecule has 0 aliphatic carbocycles. The predicted molar refractivity (Wildman–Crippen MR) is 122 cm³/mol. The van der Waals surface area contributed by atoms with Crippen LogP contribution in [0.5, 0.6) is 5.75 Å². The Balaban J connectivity index is 1.85. The van der Waals surface area contributed by atoms with E-state index in [1.54, 1.807) is 35.9 Å². The average Bonchev–Trinajstić information content (AvgIpc) is 3.21. The van der Waals surface area contributed by atoms with Gasteiger partial charge in [0.2, 0.25) is 0 Å². The molecule has 2 N–H and O–H groups in total. The van der Waals surface area contributed by atoms with Crippen LogP contribution in [0.2, 0.25) is 10.0 Å². The number of carbonyl (C=O) groups excluding carboxylic acids is 2. The van der Waals surface area contributed by atoms with Crippen LogP contribution in [0.15, 0.2) is 36.7 Å². The molecule has 38 heavy (non-hydrogen) atoms. The number of benzene rings is 1. The van der Waals surface area contributed by atoms with Gasteiger partial charge in [-0.1, -0.05) is 23.2 Å². The van der Waals surface area contributed by atoms with Crippen molar-refractivity contribution in [3.63, 3.8) is 0 Å². The van der Waals surface area contributed by atoms with Crippen molar-refractivity contribution in [1.82, 2.24) is 20.0 Å². The maximum absolute atomic E-state index is 13.5. The number of carbonyl (C=O) groups is 2. The van der Waals surface area contributed by atoms with Gasteiger partial charge in [-0.25, -0.2) is 4.98 Å². The monoisotopic (exact) mass is 588 g/mol. The molecule has 1 aromatic carbocycles. The molecule has 2 aromatic heterocycles. The largest absolute Gasteiger partial charge is 0.467 e. The molecule has 0 radical (unpaired) electrons. The molecule has 1 amide bonds. The van der Waals surface area contributed by atoms with E-state index >= 15 is 0 Å². The standard InChI is InChI=1S/C22H17Cl2F7N4O3/c1-10-9-35-7-3-4-14(17(35)34-10)38-18(32-2)15-12(23)6-5-11(16(15)24)13(36)8-33-19(37)20(25,26)21(27,28)22(29,30)31/h3-7,9,18,32H,8H2,1-2H3,(H,33,37). The highest BCUT2D eigenvalue weighted by atomic mass is 35.5. The molecule has 1 atom stereocenters. The Labute approximate surface area is 219 Å². The number of aryl methyl sites for hydroxylation is 1. The van der Waals surface area contributed by atoms with Crippen molar-refractivity contribution < 1.29 is 45.1 Å². The van der Waals surface area contributed by atoms with E-state index in [1.807, 2.05) is 0 Å². The average molecular weight is 589 g/mol. The zero-order valence-corrected chi connectivity index (χ0v) is 20.8. The number of ketones is 1. The van der Waals surface area contributed by atoms with Crippen LogP contribution >= 0.6 is 23.2 Å². The molecule has 0 saturated heterocycles. The summed E-state index contributed by atoms with van der Waals surface area (Å²) in [5.74, 6) is -16.8. The predicted octanol–water partition coefficient (Wildman–Crippen LogP) is 5.38. The first kappa shape index (κ1) is 29.5. The van der Waals surface area contributed by atoms with E-state index in [0.717, 1.165) is 11.4 Å². The lowest BCUT2D eigenvalue weighted by Crippen LogP contribution is -2.59. The number of nitrogens with zero attached hydrogens (tertiary/aromatic N) is 2. The number of aromatic nitrogens is 2. The molecule has 0 fully saturated rings. The Morgan fingerprint density at radius 2 is 1.76 bits per heavy atom. The maximum Gasteiger partial charge on any atom is 0.460 e. The van der Waals surface area contributed by atoms with E-state index in [2.05, 4.69) is 10.3 Å². The van der Waals surface area contributed by atoms with E-state index in [9.17, 15) is 40.3 Å². The Hall–Kier alpha value is -3.10. The fraction of sp³-hybridized carbons (Fsp3) is 0.318. The van der Waals surface area contributed by atoms with Gasteiger partial charge in [-0.3, -0.25) is 14.9 Å². The molecule has 0 aliphatic rings. The van der Waals surface area contributed by atoms with E-state index in [1.165, 1.54) is 13.1 Å². The van der Waals surface area contributed by atoms with Crippen molar-refractivity contribution in [1.29, 1.82) is 0 Å². The summed E-state index contributed by atoms with van der Waals surface area (Å²) in [5.41, 5.74) is 0.721. The fourth-order valence-corrected chi connectivity index (χ4v) is 3.98. The van der Waals surface area contributed by atoms with E-state index in [0.29, 0.717) is 11.3 Å². The first-order valence-electron chi connectivity index (χ1n) is 10.4. The number of imidazole rings is 1. The van der Waals surface area contributed by atoms with Crippen LogP contribution in [0.1, 0.15) is 27.8 Å². The quantitative estimate of drug-likeness (QED) is 0.199. The SMILES string of the molecule is CNC(Oc1cccn2cc(C)nc12)c1c(Cl)ccc(C(=O)CNC(=O)C(F)(F)C(F)(F)C(F)(F)F)c1Cl. The topological polar surface area (TPSA) is 84.7 Å². The van der Waals surface area contributed by atoms with Crippen LogP contribution in [0.3, 0.4) is 0 Å². The van der Waals surface area contributed by atoms with Gasteiger partial charge in [0, 0.05) is 23.5 Å². The third-order valence-corrected chi connectivity index (χ3v) is 5.95. The smallest absolute Gasteiger partial charge is 0.460 e. The van der Waals surface area contributed by atoms with Crippen LogP contribution in [0.4, 0.5) is 30.7 Å². The summed E-state index contributed by atoms with van der Waals surface area (Å²) < 4.78 is 97.8. The third kappa shape index (κ3) is 5.38. The van der Waals surface area contributed by atoms with Crippen molar-refractivity contribution in [2.75, 3.05) is 13.6 Å². The summed E-state index contributed by atoms with van der Waals surface area (Å²) in [4.78, 5) is 28.4. The lowest BCUT2D eigenvalue weighted by molar-refractivity contribution is -0.344. The summed E-state index contributed by atoms with van der Waals surface area (Å²) in [6.45, 7) is 0.384. The Morgan fingerprint density at radius 3 is 2.37 bits per heavy atom. The van der Waals surface area contributed by atoms with Crippen LogP contribution in [0, 0.1) is 6.92 Å². The Morgan fingerprint density at radius 1 is 1.11 bits per heavy atom. The highest BCUT2D eigenvalue weighted by Gasteiger charge is 2.76.